The summed E-state index contributed by atoms with van der Waals surface area (Å²) in [6.45, 7) is 7.46. The Labute approximate surface area is 356 Å². The highest BCUT2D eigenvalue weighted by molar-refractivity contribution is 6.10. The molecule has 4 aliphatic carbocycles. The van der Waals surface area contributed by atoms with Crippen molar-refractivity contribution in [1.82, 2.24) is 19.5 Å². The van der Waals surface area contributed by atoms with Crippen LogP contribution in [0.3, 0.4) is 0 Å². The monoisotopic (exact) mass is 785 g/mol. The van der Waals surface area contributed by atoms with Crippen LogP contribution in [0.15, 0.2) is 170 Å². The highest BCUT2D eigenvalue weighted by atomic mass is 15.0. The van der Waals surface area contributed by atoms with Gasteiger partial charge in [0.1, 0.15) is 0 Å². The average molecular weight is 786 g/mol. The fourth-order valence-electron chi connectivity index (χ4n) is 11.6. The van der Waals surface area contributed by atoms with Gasteiger partial charge in [0.25, 0.3) is 0 Å². The number of fused-ring (bicyclic) bond motifs is 3. The molecule has 292 valence electrons. The molecule has 0 unspecified atom stereocenters. The van der Waals surface area contributed by atoms with Crippen molar-refractivity contribution in [3.8, 4) is 62.1 Å². The molecule has 0 atom stereocenters. The smallest absolute Gasteiger partial charge is 0.187 e. The topological polar surface area (TPSA) is 48.0 Å². The zero-order valence-electron chi connectivity index (χ0n) is 33.9. The van der Waals surface area contributed by atoms with E-state index in [0.717, 1.165) is 51.3 Å². The zero-order valence-corrected chi connectivity index (χ0v) is 33.9. The first-order valence-electron chi connectivity index (χ1n) is 21.7. The summed E-state index contributed by atoms with van der Waals surface area (Å²) < 4.78 is 2.35. The van der Waals surface area contributed by atoms with Crippen molar-refractivity contribution in [3.05, 3.63) is 187 Å². The summed E-state index contributed by atoms with van der Waals surface area (Å²) in [7, 11) is 0. The van der Waals surface area contributed by atoms with Crippen LogP contribution < -0.4 is 0 Å². The summed E-state index contributed by atoms with van der Waals surface area (Å²) >= 11 is 0. The summed E-state index contributed by atoms with van der Waals surface area (Å²) in [5.74, 6) is 4.60. The summed E-state index contributed by atoms with van der Waals surface area (Å²) in [6, 6.07) is 60.1. The Morgan fingerprint density at radius 2 is 0.885 bits per heavy atom. The lowest BCUT2D eigenvalue weighted by Gasteiger charge is -2.57. The van der Waals surface area contributed by atoms with Crippen LogP contribution in [-0.2, 0) is 5.41 Å². The molecule has 4 fully saturated rings. The van der Waals surface area contributed by atoms with Gasteiger partial charge in [0.15, 0.2) is 23.2 Å². The van der Waals surface area contributed by atoms with Gasteiger partial charge in [0.2, 0.25) is 0 Å². The fourth-order valence-corrected chi connectivity index (χ4v) is 11.6. The minimum Gasteiger partial charge on any atom is -0.309 e. The standard InChI is InChI=1S/C56H43N5/c1-57-47-26-21-44(22-27-47)55-59-53(42-15-11-39(12-16-42)40-19-24-46(25-20-40)56-33-36-29-37(34-56)31-38(30-36)35-56)58-54(60-55)43-17-13-41(14-18-43)45-23-28-50-49-9-5-6-10-51(49)61(52(50)32-45)48-7-3-2-4-8-48/h2-28,32,36-38H,29-31,33-35H2. The maximum absolute atomic E-state index is 7.46. The van der Waals surface area contributed by atoms with Crippen LogP contribution in [0.5, 0.6) is 0 Å². The van der Waals surface area contributed by atoms with Crippen molar-refractivity contribution < 1.29 is 0 Å². The van der Waals surface area contributed by atoms with E-state index in [4.69, 9.17) is 21.5 Å². The van der Waals surface area contributed by atoms with Crippen molar-refractivity contribution in [2.24, 2.45) is 17.8 Å². The molecule has 0 aliphatic heterocycles. The molecule has 9 aromatic rings. The molecule has 2 aromatic heterocycles. The van der Waals surface area contributed by atoms with E-state index in [1.54, 1.807) is 5.56 Å². The molecule has 4 aliphatic rings. The molecule has 61 heavy (non-hydrogen) atoms. The van der Waals surface area contributed by atoms with Crippen LogP contribution in [0.1, 0.15) is 44.1 Å². The molecule has 5 heteroatoms. The number of nitrogens with zero attached hydrogens (tertiary/aromatic N) is 5. The normalized spacial score (nSPS) is 20.3. The molecule has 0 radical (unpaired) electrons. The van der Waals surface area contributed by atoms with Crippen molar-refractivity contribution in [3.63, 3.8) is 0 Å². The Balaban J connectivity index is 0.871. The van der Waals surface area contributed by atoms with Crippen molar-refractivity contribution in [2.75, 3.05) is 0 Å². The van der Waals surface area contributed by atoms with Crippen LogP contribution in [0.2, 0.25) is 0 Å². The van der Waals surface area contributed by atoms with E-state index in [0.29, 0.717) is 28.6 Å². The summed E-state index contributed by atoms with van der Waals surface area (Å²) in [5.41, 5.74) is 13.4. The molecule has 0 amide bonds. The van der Waals surface area contributed by atoms with E-state index >= 15 is 0 Å². The van der Waals surface area contributed by atoms with Gasteiger partial charge >= 0.3 is 0 Å². The predicted octanol–water partition coefficient (Wildman–Crippen LogP) is 14.3. The predicted molar refractivity (Wildman–Crippen MR) is 247 cm³/mol. The van der Waals surface area contributed by atoms with Crippen molar-refractivity contribution in [1.29, 1.82) is 0 Å². The molecule has 2 heterocycles. The minimum absolute atomic E-state index is 0.404. The molecule has 4 bridgehead atoms. The van der Waals surface area contributed by atoms with E-state index in [9.17, 15) is 0 Å². The van der Waals surface area contributed by atoms with Gasteiger partial charge < -0.3 is 4.57 Å². The van der Waals surface area contributed by atoms with Crippen LogP contribution in [0.25, 0.3) is 88.8 Å². The van der Waals surface area contributed by atoms with Gasteiger partial charge in [-0.2, -0.15) is 0 Å². The number of hydrogen-bond acceptors (Lipinski definition) is 3. The lowest BCUT2D eigenvalue weighted by molar-refractivity contribution is -0.00518. The first kappa shape index (κ1) is 35.8. The summed E-state index contributed by atoms with van der Waals surface area (Å²) in [4.78, 5) is 18.7. The molecule has 7 aromatic carbocycles. The van der Waals surface area contributed by atoms with Crippen molar-refractivity contribution >= 4 is 27.5 Å². The molecule has 4 saturated carbocycles. The lowest BCUT2D eigenvalue weighted by Crippen LogP contribution is -2.48. The van der Waals surface area contributed by atoms with Gasteiger partial charge in [-0.15, -0.1) is 0 Å². The fraction of sp³-hybridized carbons (Fsp3) is 0.179. The minimum atomic E-state index is 0.404. The first-order valence-corrected chi connectivity index (χ1v) is 21.7. The molecular formula is C56H43N5. The van der Waals surface area contributed by atoms with Gasteiger partial charge in [0, 0.05) is 33.2 Å². The zero-order chi connectivity index (χ0) is 40.5. The average Bonchev–Trinajstić information content (AvgIpc) is 3.65. The second-order valence-corrected chi connectivity index (χ2v) is 17.8. The van der Waals surface area contributed by atoms with Crippen LogP contribution in [0.4, 0.5) is 5.69 Å². The lowest BCUT2D eigenvalue weighted by atomic mass is 9.48. The van der Waals surface area contributed by atoms with Crippen molar-refractivity contribution in [2.45, 2.75) is 43.9 Å². The highest BCUT2D eigenvalue weighted by Gasteiger charge is 2.51. The Morgan fingerprint density at radius 3 is 1.44 bits per heavy atom. The van der Waals surface area contributed by atoms with E-state index in [1.165, 1.54) is 71.5 Å². The van der Waals surface area contributed by atoms with E-state index in [2.05, 4.69) is 155 Å². The van der Waals surface area contributed by atoms with E-state index in [1.807, 2.05) is 24.3 Å². The molecule has 5 nitrogen and oxygen atoms in total. The van der Waals surface area contributed by atoms with Crippen LogP contribution in [0, 0.1) is 24.3 Å². The number of para-hydroxylation sites is 2. The Kier molecular flexibility index (Phi) is 8.35. The van der Waals surface area contributed by atoms with Gasteiger partial charge in [0.05, 0.1) is 17.6 Å². The third kappa shape index (κ3) is 6.25. The maximum Gasteiger partial charge on any atom is 0.187 e. The SMILES string of the molecule is [C-]#[N+]c1ccc(-c2nc(-c3ccc(-c4ccc(C56CC7CC(CC(C7)C5)C6)cc4)cc3)nc(-c3ccc(-c4ccc5c6ccccc6n(-c6ccccc6)c5c4)cc3)n2)cc1. The number of rotatable bonds is 7. The molecule has 0 N–H and O–H groups in total. The number of benzene rings is 7. The summed E-state index contributed by atoms with van der Waals surface area (Å²) in [5, 5.41) is 2.47. The number of hydrogen-bond donors (Lipinski definition) is 0. The van der Waals surface area contributed by atoms with Gasteiger partial charge in [-0.1, -0.05) is 146 Å². The van der Waals surface area contributed by atoms with Gasteiger partial charge in [-0.3, -0.25) is 0 Å². The Morgan fingerprint density at radius 1 is 0.443 bits per heavy atom. The largest absolute Gasteiger partial charge is 0.309 e. The molecule has 13 rings (SSSR count). The van der Waals surface area contributed by atoms with Crippen LogP contribution in [-0.4, -0.2) is 19.5 Å². The summed E-state index contributed by atoms with van der Waals surface area (Å²) in [6.07, 6.45) is 8.56. The molecule has 0 saturated heterocycles. The number of aromatic nitrogens is 4. The highest BCUT2D eigenvalue weighted by Crippen LogP contribution is 2.60. The third-order valence-corrected chi connectivity index (χ3v) is 14.1. The Bertz CT molecular complexity index is 3100. The van der Waals surface area contributed by atoms with Gasteiger partial charge in [-0.25, -0.2) is 19.8 Å². The first-order chi connectivity index (χ1) is 30.1. The second kappa shape index (κ2) is 14.2. The quantitative estimate of drug-likeness (QED) is 0.151. The third-order valence-electron chi connectivity index (χ3n) is 14.1. The second-order valence-electron chi connectivity index (χ2n) is 17.8. The van der Waals surface area contributed by atoms with E-state index < -0.39 is 0 Å². The Hall–Kier alpha value is -7.16. The molecular weight excluding hydrogens is 743 g/mol. The van der Waals surface area contributed by atoms with E-state index in [-0.39, 0.29) is 0 Å². The molecule has 0 spiro atoms. The van der Waals surface area contributed by atoms with Gasteiger partial charge in [-0.05, 0) is 114 Å². The maximum atomic E-state index is 7.46. The van der Waals surface area contributed by atoms with Crippen LogP contribution >= 0.6 is 0 Å².